The minimum Gasteiger partial charge on any atom is -0.495 e. The van der Waals surface area contributed by atoms with Crippen molar-refractivity contribution in [2.75, 3.05) is 19.0 Å². The Morgan fingerprint density at radius 2 is 2.04 bits per heavy atom. The second-order valence-corrected chi connectivity index (χ2v) is 6.26. The standard InChI is InChI=1S/C17H20N2O3S/c1-11-6-7-13(14(9-11)22-3)19-17(21)16(20)18-10-12(2)15-5-4-8-23-15/h4-9,12H,10H2,1-3H3,(H,18,20)(H,19,21). The average molecular weight is 332 g/mol. The summed E-state index contributed by atoms with van der Waals surface area (Å²) in [4.78, 5) is 25.1. The molecule has 0 bridgehead atoms. The lowest BCUT2D eigenvalue weighted by atomic mass is 10.1. The Bertz CT molecular complexity index is 683. The topological polar surface area (TPSA) is 67.4 Å². The molecular formula is C17H20N2O3S. The Morgan fingerprint density at radius 3 is 2.70 bits per heavy atom. The first kappa shape index (κ1) is 17.0. The van der Waals surface area contributed by atoms with Crippen LogP contribution < -0.4 is 15.4 Å². The van der Waals surface area contributed by atoms with E-state index in [4.69, 9.17) is 4.74 Å². The molecule has 2 amide bonds. The van der Waals surface area contributed by atoms with E-state index in [0.717, 1.165) is 5.56 Å². The van der Waals surface area contributed by atoms with Gasteiger partial charge in [-0.1, -0.05) is 19.1 Å². The fraction of sp³-hybridized carbons (Fsp3) is 0.294. The molecule has 1 unspecified atom stereocenters. The van der Waals surface area contributed by atoms with Gasteiger partial charge in [0.05, 0.1) is 12.8 Å². The number of rotatable bonds is 5. The molecule has 0 aliphatic carbocycles. The second kappa shape index (κ2) is 7.78. The van der Waals surface area contributed by atoms with Gasteiger partial charge in [0.15, 0.2) is 0 Å². The molecule has 1 heterocycles. The first-order valence-electron chi connectivity index (χ1n) is 7.28. The van der Waals surface area contributed by atoms with Gasteiger partial charge < -0.3 is 15.4 Å². The van der Waals surface area contributed by atoms with Crippen LogP contribution in [0.4, 0.5) is 5.69 Å². The highest BCUT2D eigenvalue weighted by Crippen LogP contribution is 2.25. The lowest BCUT2D eigenvalue weighted by molar-refractivity contribution is -0.136. The monoisotopic (exact) mass is 332 g/mol. The second-order valence-electron chi connectivity index (χ2n) is 5.28. The van der Waals surface area contributed by atoms with E-state index in [1.165, 1.54) is 12.0 Å². The van der Waals surface area contributed by atoms with Crippen molar-refractivity contribution in [3.8, 4) is 5.75 Å². The highest BCUT2D eigenvalue weighted by atomic mass is 32.1. The van der Waals surface area contributed by atoms with E-state index in [1.54, 1.807) is 23.5 Å². The minimum absolute atomic E-state index is 0.167. The normalized spacial score (nSPS) is 11.6. The number of carbonyl (C=O) groups excluding carboxylic acids is 2. The molecule has 122 valence electrons. The Balaban J connectivity index is 1.91. The maximum Gasteiger partial charge on any atom is 0.313 e. The highest BCUT2D eigenvalue weighted by Gasteiger charge is 2.17. The third-order valence-electron chi connectivity index (χ3n) is 3.41. The summed E-state index contributed by atoms with van der Waals surface area (Å²) in [6, 6.07) is 9.34. The molecule has 0 saturated carbocycles. The van der Waals surface area contributed by atoms with Crippen LogP contribution in [0, 0.1) is 6.92 Å². The summed E-state index contributed by atoms with van der Waals surface area (Å²) in [5.41, 5.74) is 1.48. The SMILES string of the molecule is COc1cc(C)ccc1NC(=O)C(=O)NCC(C)c1cccs1. The Labute approximate surface area is 139 Å². The summed E-state index contributed by atoms with van der Waals surface area (Å²) in [5.74, 6) is -0.666. The van der Waals surface area contributed by atoms with Crippen molar-refractivity contribution in [2.45, 2.75) is 19.8 Å². The average Bonchev–Trinajstić information content (AvgIpc) is 3.08. The van der Waals surface area contributed by atoms with Crippen molar-refractivity contribution in [1.29, 1.82) is 0 Å². The maximum absolute atomic E-state index is 12.0. The molecular weight excluding hydrogens is 312 g/mol. The van der Waals surface area contributed by atoms with Crippen LogP contribution in [0.2, 0.25) is 0 Å². The summed E-state index contributed by atoms with van der Waals surface area (Å²) in [6.07, 6.45) is 0. The van der Waals surface area contributed by atoms with Gasteiger partial charge in [0, 0.05) is 17.3 Å². The predicted octanol–water partition coefficient (Wildman–Crippen LogP) is 2.92. The van der Waals surface area contributed by atoms with Crippen LogP contribution in [0.3, 0.4) is 0 Å². The van der Waals surface area contributed by atoms with E-state index >= 15 is 0 Å². The van der Waals surface area contributed by atoms with Gasteiger partial charge in [0.2, 0.25) is 0 Å². The number of thiophene rings is 1. The third-order valence-corrected chi connectivity index (χ3v) is 4.51. The van der Waals surface area contributed by atoms with Gasteiger partial charge in [-0.3, -0.25) is 9.59 Å². The summed E-state index contributed by atoms with van der Waals surface area (Å²) in [7, 11) is 1.52. The van der Waals surface area contributed by atoms with Gasteiger partial charge in [-0.2, -0.15) is 0 Å². The van der Waals surface area contributed by atoms with Crippen LogP contribution in [-0.4, -0.2) is 25.5 Å². The number of ether oxygens (including phenoxy) is 1. The Morgan fingerprint density at radius 1 is 1.26 bits per heavy atom. The molecule has 1 aromatic carbocycles. The van der Waals surface area contributed by atoms with Gasteiger partial charge in [-0.25, -0.2) is 0 Å². The fourth-order valence-corrected chi connectivity index (χ4v) is 2.87. The molecule has 1 aromatic heterocycles. The van der Waals surface area contributed by atoms with E-state index in [2.05, 4.69) is 10.6 Å². The molecule has 0 aliphatic rings. The number of anilines is 1. The molecule has 2 rings (SSSR count). The van der Waals surface area contributed by atoms with Crippen molar-refractivity contribution in [1.82, 2.24) is 5.32 Å². The van der Waals surface area contributed by atoms with Crippen molar-refractivity contribution >= 4 is 28.8 Å². The Kier molecular flexibility index (Phi) is 5.76. The van der Waals surface area contributed by atoms with E-state index in [9.17, 15) is 9.59 Å². The van der Waals surface area contributed by atoms with Crippen LogP contribution in [0.1, 0.15) is 23.3 Å². The number of amides is 2. The summed E-state index contributed by atoms with van der Waals surface area (Å²) in [6.45, 7) is 4.34. The van der Waals surface area contributed by atoms with Crippen LogP contribution >= 0.6 is 11.3 Å². The fourth-order valence-electron chi connectivity index (χ4n) is 2.08. The third kappa shape index (κ3) is 4.56. The van der Waals surface area contributed by atoms with E-state index in [0.29, 0.717) is 18.0 Å². The Hall–Kier alpha value is -2.34. The maximum atomic E-state index is 12.0. The summed E-state index contributed by atoms with van der Waals surface area (Å²) >= 11 is 1.63. The lowest BCUT2D eigenvalue weighted by Crippen LogP contribution is -2.37. The van der Waals surface area contributed by atoms with Crippen LogP contribution in [0.15, 0.2) is 35.7 Å². The number of hydrogen-bond acceptors (Lipinski definition) is 4. The van der Waals surface area contributed by atoms with Gasteiger partial charge in [-0.15, -0.1) is 11.3 Å². The molecule has 23 heavy (non-hydrogen) atoms. The van der Waals surface area contributed by atoms with Crippen LogP contribution in [0.25, 0.3) is 0 Å². The first-order chi connectivity index (χ1) is 11.0. The van der Waals surface area contributed by atoms with Crippen molar-refractivity contribution in [2.24, 2.45) is 0 Å². The van der Waals surface area contributed by atoms with Crippen molar-refractivity contribution in [3.63, 3.8) is 0 Å². The zero-order chi connectivity index (χ0) is 16.8. The molecule has 2 N–H and O–H groups in total. The van der Waals surface area contributed by atoms with Crippen LogP contribution in [0.5, 0.6) is 5.75 Å². The molecule has 2 aromatic rings. The molecule has 6 heteroatoms. The molecule has 0 saturated heterocycles. The van der Waals surface area contributed by atoms with Gasteiger partial charge in [0.25, 0.3) is 0 Å². The largest absolute Gasteiger partial charge is 0.495 e. The molecule has 0 spiro atoms. The molecule has 5 nitrogen and oxygen atoms in total. The van der Waals surface area contributed by atoms with E-state index in [-0.39, 0.29) is 5.92 Å². The molecule has 0 aliphatic heterocycles. The van der Waals surface area contributed by atoms with Gasteiger partial charge in [-0.05, 0) is 36.1 Å². The molecule has 1 atom stereocenters. The number of nitrogens with one attached hydrogen (secondary N) is 2. The van der Waals surface area contributed by atoms with Crippen molar-refractivity contribution in [3.05, 3.63) is 46.2 Å². The zero-order valence-corrected chi connectivity index (χ0v) is 14.2. The zero-order valence-electron chi connectivity index (χ0n) is 13.4. The van der Waals surface area contributed by atoms with E-state index in [1.807, 2.05) is 37.4 Å². The van der Waals surface area contributed by atoms with Crippen molar-refractivity contribution < 1.29 is 14.3 Å². The summed E-state index contributed by atoms with van der Waals surface area (Å²) < 4.78 is 5.21. The molecule has 0 fully saturated rings. The minimum atomic E-state index is -0.703. The first-order valence-corrected chi connectivity index (χ1v) is 8.16. The number of methoxy groups -OCH3 is 1. The highest BCUT2D eigenvalue weighted by molar-refractivity contribution is 7.10. The van der Waals surface area contributed by atoms with Gasteiger partial charge in [0.1, 0.15) is 5.75 Å². The number of carbonyl (C=O) groups is 2. The number of hydrogen-bond donors (Lipinski definition) is 2. The number of aryl methyl sites for hydroxylation is 1. The molecule has 0 radical (unpaired) electrons. The lowest BCUT2D eigenvalue weighted by Gasteiger charge is -2.12. The van der Waals surface area contributed by atoms with E-state index < -0.39 is 11.8 Å². The smallest absolute Gasteiger partial charge is 0.313 e. The predicted molar refractivity (Wildman–Crippen MR) is 92.1 cm³/mol. The van der Waals surface area contributed by atoms with Crippen LogP contribution in [-0.2, 0) is 9.59 Å². The van der Waals surface area contributed by atoms with Gasteiger partial charge >= 0.3 is 11.8 Å². The summed E-state index contributed by atoms with van der Waals surface area (Å²) in [5, 5.41) is 7.22. The number of benzene rings is 1. The quantitative estimate of drug-likeness (QED) is 0.827.